The first-order valence-corrected chi connectivity index (χ1v) is 6.20. The van der Waals surface area contributed by atoms with Crippen molar-refractivity contribution in [2.24, 2.45) is 0 Å². The number of aromatic amines is 1. The Morgan fingerprint density at radius 1 is 1.39 bits per heavy atom. The zero-order chi connectivity index (χ0) is 12.8. The van der Waals surface area contributed by atoms with Crippen LogP contribution in [0, 0.1) is 0 Å². The fraction of sp³-hybridized carbons (Fsp3) is 0.267. The molecule has 0 aliphatic rings. The van der Waals surface area contributed by atoms with Crippen molar-refractivity contribution in [3.05, 3.63) is 59.4 Å². The molecule has 1 atom stereocenters. The van der Waals surface area contributed by atoms with Crippen LogP contribution < -0.4 is 5.32 Å². The fourth-order valence-electron chi connectivity index (χ4n) is 1.81. The van der Waals surface area contributed by atoms with Gasteiger partial charge in [-0.1, -0.05) is 42.0 Å². The minimum Gasteiger partial charge on any atom is -0.306 e. The maximum Gasteiger partial charge on any atom is 0.0534 e. The lowest BCUT2D eigenvalue weighted by atomic mass is 10.1. The molecule has 3 heteroatoms. The standard InChI is InChI=1S/C15H19N3/c1-12(8-14-6-4-3-5-7-14)9-16-13(2)15-10-17-18-11-15/h3-8,10-11,13,16H,9H2,1-2H3,(H,17,18)/b12-8+/t13-/m1/s1. The van der Waals surface area contributed by atoms with Gasteiger partial charge in [0.2, 0.25) is 0 Å². The predicted molar refractivity (Wildman–Crippen MR) is 75.1 cm³/mol. The van der Waals surface area contributed by atoms with E-state index in [0.717, 1.165) is 6.54 Å². The fourth-order valence-corrected chi connectivity index (χ4v) is 1.81. The van der Waals surface area contributed by atoms with Crippen molar-refractivity contribution in [2.45, 2.75) is 19.9 Å². The zero-order valence-electron chi connectivity index (χ0n) is 10.9. The molecule has 0 fully saturated rings. The van der Waals surface area contributed by atoms with E-state index in [1.54, 1.807) is 0 Å². The van der Waals surface area contributed by atoms with Gasteiger partial charge in [-0.25, -0.2) is 0 Å². The van der Waals surface area contributed by atoms with Gasteiger partial charge in [0.05, 0.1) is 6.20 Å². The Labute approximate surface area is 108 Å². The van der Waals surface area contributed by atoms with Gasteiger partial charge in [0.1, 0.15) is 0 Å². The molecular formula is C15H19N3. The van der Waals surface area contributed by atoms with E-state index in [4.69, 9.17) is 0 Å². The highest BCUT2D eigenvalue weighted by Crippen LogP contribution is 2.10. The van der Waals surface area contributed by atoms with Crippen LogP contribution in [-0.4, -0.2) is 16.7 Å². The van der Waals surface area contributed by atoms with Gasteiger partial charge in [-0.05, 0) is 19.4 Å². The van der Waals surface area contributed by atoms with Crippen LogP contribution in [0.2, 0.25) is 0 Å². The van der Waals surface area contributed by atoms with Gasteiger partial charge in [-0.15, -0.1) is 0 Å². The molecule has 2 aromatic rings. The van der Waals surface area contributed by atoms with Crippen LogP contribution in [0.5, 0.6) is 0 Å². The zero-order valence-corrected chi connectivity index (χ0v) is 10.9. The average Bonchev–Trinajstić information content (AvgIpc) is 2.91. The monoisotopic (exact) mass is 241 g/mol. The summed E-state index contributed by atoms with van der Waals surface area (Å²) in [7, 11) is 0. The second kappa shape index (κ2) is 6.17. The first-order valence-electron chi connectivity index (χ1n) is 6.20. The molecule has 0 saturated carbocycles. The van der Waals surface area contributed by atoms with Crippen molar-refractivity contribution in [2.75, 3.05) is 6.54 Å². The van der Waals surface area contributed by atoms with E-state index >= 15 is 0 Å². The van der Waals surface area contributed by atoms with E-state index in [9.17, 15) is 0 Å². The summed E-state index contributed by atoms with van der Waals surface area (Å²) in [6.07, 6.45) is 5.98. The molecule has 1 aromatic heterocycles. The predicted octanol–water partition coefficient (Wildman–Crippen LogP) is 3.16. The molecule has 0 amide bonds. The number of hydrogen-bond acceptors (Lipinski definition) is 2. The number of nitrogens with one attached hydrogen (secondary N) is 2. The maximum atomic E-state index is 3.96. The Hall–Kier alpha value is -1.87. The third-order valence-electron chi connectivity index (χ3n) is 2.92. The lowest BCUT2D eigenvalue weighted by Crippen LogP contribution is -2.20. The first-order chi connectivity index (χ1) is 8.75. The SMILES string of the molecule is C/C(=C\c1ccccc1)CN[C@H](C)c1cn[nH]c1. The highest BCUT2D eigenvalue weighted by Gasteiger charge is 2.04. The average molecular weight is 241 g/mol. The lowest BCUT2D eigenvalue weighted by Gasteiger charge is -2.12. The van der Waals surface area contributed by atoms with Gasteiger partial charge in [0, 0.05) is 24.3 Å². The van der Waals surface area contributed by atoms with E-state index in [0.29, 0.717) is 6.04 Å². The van der Waals surface area contributed by atoms with E-state index in [-0.39, 0.29) is 0 Å². The summed E-state index contributed by atoms with van der Waals surface area (Å²) in [5, 5.41) is 10.3. The second-order valence-corrected chi connectivity index (χ2v) is 4.54. The van der Waals surface area contributed by atoms with E-state index in [1.165, 1.54) is 16.7 Å². The summed E-state index contributed by atoms with van der Waals surface area (Å²) in [6.45, 7) is 5.16. The summed E-state index contributed by atoms with van der Waals surface area (Å²) in [4.78, 5) is 0. The molecule has 0 spiro atoms. The molecule has 0 saturated heterocycles. The van der Waals surface area contributed by atoms with Crippen molar-refractivity contribution in [3.63, 3.8) is 0 Å². The molecule has 0 radical (unpaired) electrons. The molecule has 94 valence electrons. The summed E-state index contributed by atoms with van der Waals surface area (Å²) in [5.41, 5.74) is 3.74. The van der Waals surface area contributed by atoms with Gasteiger partial charge in [-0.3, -0.25) is 5.10 Å². The third kappa shape index (κ3) is 3.57. The molecule has 3 nitrogen and oxygen atoms in total. The molecular weight excluding hydrogens is 222 g/mol. The van der Waals surface area contributed by atoms with Crippen molar-refractivity contribution in [1.82, 2.24) is 15.5 Å². The Morgan fingerprint density at radius 2 is 2.17 bits per heavy atom. The Kier molecular flexibility index (Phi) is 4.31. The number of benzene rings is 1. The molecule has 2 N–H and O–H groups in total. The van der Waals surface area contributed by atoms with Crippen LogP contribution >= 0.6 is 0 Å². The Balaban J connectivity index is 1.89. The topological polar surface area (TPSA) is 40.7 Å². The molecule has 0 unspecified atom stereocenters. The van der Waals surface area contributed by atoms with E-state index in [2.05, 4.69) is 59.7 Å². The highest BCUT2D eigenvalue weighted by molar-refractivity contribution is 5.52. The van der Waals surface area contributed by atoms with Crippen LogP contribution in [0.25, 0.3) is 6.08 Å². The van der Waals surface area contributed by atoms with Gasteiger partial charge in [-0.2, -0.15) is 5.10 Å². The number of nitrogens with zero attached hydrogens (tertiary/aromatic N) is 1. The maximum absolute atomic E-state index is 3.96. The van der Waals surface area contributed by atoms with Crippen LogP contribution in [0.4, 0.5) is 0 Å². The molecule has 0 aliphatic heterocycles. The normalized spacial score (nSPS) is 13.6. The molecule has 18 heavy (non-hydrogen) atoms. The van der Waals surface area contributed by atoms with Crippen molar-refractivity contribution in [1.29, 1.82) is 0 Å². The summed E-state index contributed by atoms with van der Waals surface area (Å²) in [5.74, 6) is 0. The van der Waals surface area contributed by atoms with Crippen LogP contribution in [0.3, 0.4) is 0 Å². The molecule has 0 bridgehead atoms. The minimum absolute atomic E-state index is 0.308. The Bertz CT molecular complexity index is 486. The number of hydrogen-bond donors (Lipinski definition) is 2. The van der Waals surface area contributed by atoms with Crippen LogP contribution in [-0.2, 0) is 0 Å². The summed E-state index contributed by atoms with van der Waals surface area (Å²) >= 11 is 0. The highest BCUT2D eigenvalue weighted by atomic mass is 15.1. The van der Waals surface area contributed by atoms with Crippen molar-refractivity contribution < 1.29 is 0 Å². The third-order valence-corrected chi connectivity index (χ3v) is 2.92. The minimum atomic E-state index is 0.308. The lowest BCUT2D eigenvalue weighted by molar-refractivity contribution is 0.608. The molecule has 1 aromatic carbocycles. The second-order valence-electron chi connectivity index (χ2n) is 4.54. The molecule has 0 aliphatic carbocycles. The van der Waals surface area contributed by atoms with Crippen LogP contribution in [0.15, 0.2) is 48.3 Å². The molecule has 1 heterocycles. The largest absolute Gasteiger partial charge is 0.306 e. The van der Waals surface area contributed by atoms with E-state index in [1.807, 2.05) is 18.5 Å². The van der Waals surface area contributed by atoms with E-state index < -0.39 is 0 Å². The summed E-state index contributed by atoms with van der Waals surface area (Å²) < 4.78 is 0. The number of H-pyrrole nitrogens is 1. The smallest absolute Gasteiger partial charge is 0.0534 e. The Morgan fingerprint density at radius 3 is 2.83 bits per heavy atom. The number of rotatable bonds is 5. The molecule has 2 rings (SSSR count). The van der Waals surface area contributed by atoms with Gasteiger partial charge in [0.15, 0.2) is 0 Å². The van der Waals surface area contributed by atoms with Gasteiger partial charge >= 0.3 is 0 Å². The number of aromatic nitrogens is 2. The van der Waals surface area contributed by atoms with Gasteiger partial charge < -0.3 is 5.32 Å². The van der Waals surface area contributed by atoms with Gasteiger partial charge in [0.25, 0.3) is 0 Å². The first kappa shape index (κ1) is 12.6. The summed E-state index contributed by atoms with van der Waals surface area (Å²) in [6, 6.07) is 10.7. The van der Waals surface area contributed by atoms with Crippen LogP contribution in [0.1, 0.15) is 31.0 Å². The van der Waals surface area contributed by atoms with Crippen molar-refractivity contribution in [3.8, 4) is 0 Å². The quantitative estimate of drug-likeness (QED) is 0.844. The van der Waals surface area contributed by atoms with Crippen molar-refractivity contribution >= 4 is 6.08 Å².